The van der Waals surface area contributed by atoms with Gasteiger partial charge in [0.05, 0.1) is 11.3 Å². The Morgan fingerprint density at radius 3 is 2.67 bits per heavy atom. The van der Waals surface area contributed by atoms with Crippen LogP contribution in [0.15, 0.2) is 23.1 Å². The Bertz CT molecular complexity index is 440. The molecule has 0 aliphatic carbocycles. The molecule has 0 bridgehead atoms. The van der Waals surface area contributed by atoms with Gasteiger partial charge in [-0.05, 0) is 18.2 Å². The molecule has 3 nitrogen and oxygen atoms in total. The molecule has 0 saturated carbocycles. The third-order valence-corrected chi connectivity index (χ3v) is 3.06. The van der Waals surface area contributed by atoms with Crippen molar-refractivity contribution in [1.29, 1.82) is 0 Å². The minimum atomic E-state index is -0.531. The van der Waals surface area contributed by atoms with Crippen LogP contribution in [-0.4, -0.2) is 16.9 Å². The van der Waals surface area contributed by atoms with E-state index < -0.39 is 11.7 Å². The molecule has 0 spiro atoms. The number of carbonyl (C=O) groups is 2. The van der Waals surface area contributed by atoms with E-state index in [0.717, 1.165) is 4.90 Å². The number of hydrogen-bond donors (Lipinski definition) is 1. The van der Waals surface area contributed by atoms with Crippen molar-refractivity contribution < 1.29 is 9.59 Å². The number of thioether (sulfide) groups is 1. The van der Waals surface area contributed by atoms with Crippen LogP contribution in [0.1, 0.15) is 24.2 Å². The van der Waals surface area contributed by atoms with Crippen molar-refractivity contribution in [2.24, 2.45) is 0 Å². The maximum absolute atomic E-state index is 11.3. The van der Waals surface area contributed by atoms with Crippen molar-refractivity contribution in [1.82, 2.24) is 0 Å². The van der Waals surface area contributed by atoms with Crippen molar-refractivity contribution in [2.75, 3.05) is 5.32 Å². The third kappa shape index (κ3) is 1.90. The Kier molecular flexibility index (Phi) is 2.52. The van der Waals surface area contributed by atoms with Gasteiger partial charge in [-0.1, -0.05) is 13.8 Å². The molecule has 1 aromatic carbocycles. The molecule has 0 radical (unpaired) electrons. The highest BCUT2D eigenvalue weighted by Crippen LogP contribution is 2.30. The van der Waals surface area contributed by atoms with Gasteiger partial charge in [0, 0.05) is 10.1 Å². The molecule has 1 aliphatic heterocycles. The Labute approximate surface area is 92.2 Å². The molecule has 0 atom stereocenters. The van der Waals surface area contributed by atoms with Gasteiger partial charge in [0.15, 0.2) is 0 Å². The number of Topliss-reactive ketones (excluding diaryl/α,β-unsaturated/α-hetero) is 1. The summed E-state index contributed by atoms with van der Waals surface area (Å²) in [6.07, 6.45) is 0. The molecule has 0 unspecified atom stereocenters. The summed E-state index contributed by atoms with van der Waals surface area (Å²) in [5.41, 5.74) is 1.11. The Morgan fingerprint density at radius 1 is 1.27 bits per heavy atom. The van der Waals surface area contributed by atoms with Crippen molar-refractivity contribution in [3.05, 3.63) is 23.8 Å². The first-order valence-electron chi connectivity index (χ1n) is 4.74. The second-order valence-corrected chi connectivity index (χ2v) is 5.31. The van der Waals surface area contributed by atoms with Crippen molar-refractivity contribution >= 4 is 29.1 Å². The van der Waals surface area contributed by atoms with Gasteiger partial charge in [-0.25, -0.2) is 0 Å². The first kappa shape index (κ1) is 10.2. The number of rotatable bonds is 2. The number of amides is 1. The average molecular weight is 221 g/mol. The molecule has 0 saturated heterocycles. The Hall–Kier alpha value is -1.29. The number of anilines is 1. The fourth-order valence-electron chi connectivity index (χ4n) is 1.47. The Morgan fingerprint density at radius 2 is 2.00 bits per heavy atom. The van der Waals surface area contributed by atoms with Gasteiger partial charge in [0.1, 0.15) is 0 Å². The van der Waals surface area contributed by atoms with Crippen LogP contribution in [0.3, 0.4) is 0 Å². The van der Waals surface area contributed by atoms with E-state index in [1.165, 1.54) is 0 Å². The molecule has 0 fully saturated rings. The minimum Gasteiger partial charge on any atom is -0.318 e. The normalized spacial score (nSPS) is 14.3. The Balaban J connectivity index is 2.33. The van der Waals surface area contributed by atoms with Crippen LogP contribution in [-0.2, 0) is 4.79 Å². The topological polar surface area (TPSA) is 46.2 Å². The zero-order chi connectivity index (χ0) is 11.0. The molecule has 1 heterocycles. The monoisotopic (exact) mass is 221 g/mol. The molecule has 15 heavy (non-hydrogen) atoms. The fraction of sp³-hybridized carbons (Fsp3) is 0.273. The predicted molar refractivity (Wildman–Crippen MR) is 60.4 cm³/mol. The minimum absolute atomic E-state index is 0.439. The van der Waals surface area contributed by atoms with E-state index >= 15 is 0 Å². The second kappa shape index (κ2) is 3.70. The summed E-state index contributed by atoms with van der Waals surface area (Å²) in [5.74, 6) is -0.970. The van der Waals surface area contributed by atoms with Gasteiger partial charge >= 0.3 is 0 Å². The highest BCUT2D eigenvalue weighted by molar-refractivity contribution is 7.99. The van der Waals surface area contributed by atoms with Gasteiger partial charge in [-0.2, -0.15) is 0 Å². The average Bonchev–Trinajstić information content (AvgIpc) is 2.41. The van der Waals surface area contributed by atoms with Gasteiger partial charge in [-0.3, -0.25) is 9.59 Å². The van der Waals surface area contributed by atoms with Crippen LogP contribution in [0, 0.1) is 0 Å². The highest BCUT2D eigenvalue weighted by atomic mass is 32.2. The lowest BCUT2D eigenvalue weighted by Crippen LogP contribution is -2.12. The molecule has 1 N–H and O–H groups in total. The first-order chi connectivity index (χ1) is 7.08. The van der Waals surface area contributed by atoms with E-state index in [0.29, 0.717) is 16.5 Å². The summed E-state index contributed by atoms with van der Waals surface area (Å²) in [5, 5.41) is 3.04. The standard InChI is InChI=1S/C11H11NO2S/c1-6(2)15-7-3-4-8-9(5-7)12-11(14)10(8)13/h3-6H,1-2H3,(H,12,13,14). The van der Waals surface area contributed by atoms with Crippen LogP contribution in [0.5, 0.6) is 0 Å². The lowest BCUT2D eigenvalue weighted by Gasteiger charge is -2.05. The van der Waals surface area contributed by atoms with Crippen molar-refractivity contribution in [3.8, 4) is 0 Å². The van der Waals surface area contributed by atoms with Crippen LogP contribution >= 0.6 is 11.8 Å². The highest BCUT2D eigenvalue weighted by Gasteiger charge is 2.27. The van der Waals surface area contributed by atoms with E-state index in [-0.39, 0.29) is 0 Å². The lowest BCUT2D eigenvalue weighted by molar-refractivity contribution is -0.112. The van der Waals surface area contributed by atoms with E-state index in [4.69, 9.17) is 0 Å². The number of carbonyl (C=O) groups excluding carboxylic acids is 2. The molecule has 0 aromatic heterocycles. The summed E-state index contributed by atoms with van der Waals surface area (Å²) >= 11 is 1.70. The first-order valence-corrected chi connectivity index (χ1v) is 5.62. The maximum atomic E-state index is 11.3. The molecule has 1 aliphatic rings. The second-order valence-electron chi connectivity index (χ2n) is 3.66. The summed E-state index contributed by atoms with van der Waals surface area (Å²) in [7, 11) is 0. The molecular weight excluding hydrogens is 210 g/mol. The largest absolute Gasteiger partial charge is 0.318 e. The van der Waals surface area contributed by atoms with Gasteiger partial charge in [0.2, 0.25) is 0 Å². The third-order valence-electron chi connectivity index (χ3n) is 2.06. The number of fused-ring (bicyclic) bond motifs is 1. The van der Waals surface area contributed by atoms with E-state index in [2.05, 4.69) is 19.2 Å². The van der Waals surface area contributed by atoms with Crippen molar-refractivity contribution in [2.45, 2.75) is 24.0 Å². The van der Waals surface area contributed by atoms with E-state index in [1.54, 1.807) is 17.8 Å². The van der Waals surface area contributed by atoms with Gasteiger partial charge in [-0.15, -0.1) is 11.8 Å². The summed E-state index contributed by atoms with van der Waals surface area (Å²) in [6.45, 7) is 4.20. The number of nitrogens with one attached hydrogen (secondary N) is 1. The molecule has 4 heteroatoms. The predicted octanol–water partition coefficient (Wildman–Crippen LogP) is 2.32. The maximum Gasteiger partial charge on any atom is 0.296 e. The van der Waals surface area contributed by atoms with E-state index in [9.17, 15) is 9.59 Å². The van der Waals surface area contributed by atoms with Crippen LogP contribution < -0.4 is 5.32 Å². The fourth-order valence-corrected chi connectivity index (χ4v) is 2.35. The smallest absolute Gasteiger partial charge is 0.296 e. The zero-order valence-electron chi connectivity index (χ0n) is 8.53. The molecule has 1 amide bonds. The van der Waals surface area contributed by atoms with E-state index in [1.807, 2.05) is 12.1 Å². The number of benzene rings is 1. The molecule has 2 rings (SSSR count). The van der Waals surface area contributed by atoms with Gasteiger partial charge < -0.3 is 5.32 Å². The van der Waals surface area contributed by atoms with Crippen LogP contribution in [0.2, 0.25) is 0 Å². The van der Waals surface area contributed by atoms with Crippen LogP contribution in [0.4, 0.5) is 5.69 Å². The van der Waals surface area contributed by atoms with Crippen LogP contribution in [0.25, 0.3) is 0 Å². The quantitative estimate of drug-likeness (QED) is 0.615. The molecule has 78 valence electrons. The lowest BCUT2D eigenvalue weighted by atomic mass is 10.1. The molecule has 1 aromatic rings. The summed E-state index contributed by atoms with van der Waals surface area (Å²) in [6, 6.07) is 5.44. The summed E-state index contributed by atoms with van der Waals surface area (Å²) in [4.78, 5) is 23.5. The van der Waals surface area contributed by atoms with Gasteiger partial charge in [0.25, 0.3) is 11.7 Å². The van der Waals surface area contributed by atoms with Crippen molar-refractivity contribution in [3.63, 3.8) is 0 Å². The number of ketones is 1. The summed E-state index contributed by atoms with van der Waals surface area (Å²) < 4.78 is 0. The number of hydrogen-bond acceptors (Lipinski definition) is 3. The molecular formula is C11H11NO2S. The zero-order valence-corrected chi connectivity index (χ0v) is 9.35. The SMILES string of the molecule is CC(C)Sc1ccc2c(c1)NC(=O)C2=O.